The van der Waals surface area contributed by atoms with Crippen LogP contribution in [0.3, 0.4) is 0 Å². The number of phenolic OH excluding ortho intramolecular Hbond substituents is 2. The van der Waals surface area contributed by atoms with Gasteiger partial charge >= 0.3 is 0 Å². The van der Waals surface area contributed by atoms with Crippen LogP contribution in [0.25, 0.3) is 11.1 Å². The number of aliphatic hydroxyl groups is 1. The first-order chi connectivity index (χ1) is 18.4. The largest absolute Gasteiger partial charge is 0.508 e. The highest BCUT2D eigenvalue weighted by molar-refractivity contribution is 7.80. The van der Waals surface area contributed by atoms with Gasteiger partial charge < -0.3 is 25.5 Å². The fourth-order valence-corrected chi connectivity index (χ4v) is 5.48. The summed E-state index contributed by atoms with van der Waals surface area (Å²) in [6, 6.07) is 27.8. The molecule has 194 valence electrons. The molecular weight excluding hydrogens is 499 g/mol. The fourth-order valence-electron chi connectivity index (χ4n) is 5.11. The highest BCUT2D eigenvalue weighted by atomic mass is 32.1. The molecule has 1 heterocycles. The maximum absolute atomic E-state index is 13.3. The summed E-state index contributed by atoms with van der Waals surface area (Å²) in [4.78, 5) is 2.03. The van der Waals surface area contributed by atoms with Crippen LogP contribution < -0.4 is 10.2 Å². The third-order valence-electron chi connectivity index (χ3n) is 7.00. The minimum absolute atomic E-state index is 0.111. The van der Waals surface area contributed by atoms with Crippen molar-refractivity contribution >= 4 is 23.0 Å². The van der Waals surface area contributed by atoms with Gasteiger partial charge in [-0.1, -0.05) is 54.6 Å². The maximum atomic E-state index is 13.3. The molecule has 1 aliphatic rings. The number of thiocarbonyl (C=S) groups is 1. The number of aromatic hydroxyl groups is 2. The van der Waals surface area contributed by atoms with Gasteiger partial charge in [-0.2, -0.15) is 0 Å². The van der Waals surface area contributed by atoms with Crippen molar-refractivity contribution in [3.63, 3.8) is 0 Å². The van der Waals surface area contributed by atoms with E-state index in [1.165, 1.54) is 12.1 Å². The number of benzene rings is 4. The maximum Gasteiger partial charge on any atom is 0.174 e. The summed E-state index contributed by atoms with van der Waals surface area (Å²) < 4.78 is 13.3. The van der Waals surface area contributed by atoms with E-state index in [0.29, 0.717) is 29.9 Å². The summed E-state index contributed by atoms with van der Waals surface area (Å²) in [5, 5.41) is 35.7. The molecule has 0 aromatic heterocycles. The van der Waals surface area contributed by atoms with Crippen molar-refractivity contribution in [2.45, 2.75) is 37.5 Å². The third kappa shape index (κ3) is 5.49. The summed E-state index contributed by atoms with van der Waals surface area (Å²) in [7, 11) is 0. The van der Waals surface area contributed by atoms with E-state index in [9.17, 15) is 19.7 Å². The molecule has 4 aromatic rings. The van der Waals surface area contributed by atoms with Crippen molar-refractivity contribution in [3.8, 4) is 22.6 Å². The van der Waals surface area contributed by atoms with E-state index in [0.717, 1.165) is 22.4 Å². The van der Waals surface area contributed by atoms with Crippen LogP contribution in [-0.4, -0.2) is 26.5 Å². The summed E-state index contributed by atoms with van der Waals surface area (Å²) in [5.74, 6) is -0.0301. The predicted molar refractivity (Wildman–Crippen MR) is 152 cm³/mol. The van der Waals surface area contributed by atoms with Gasteiger partial charge in [0.2, 0.25) is 0 Å². The van der Waals surface area contributed by atoms with Crippen LogP contribution in [0, 0.1) is 5.82 Å². The van der Waals surface area contributed by atoms with Gasteiger partial charge in [-0.05, 0) is 90.6 Å². The number of halogens is 1. The lowest BCUT2D eigenvalue weighted by atomic mass is 9.92. The van der Waals surface area contributed by atoms with Gasteiger partial charge in [0.05, 0.1) is 18.2 Å². The molecular formula is C31H29FN2O3S. The van der Waals surface area contributed by atoms with Gasteiger partial charge in [0.25, 0.3) is 0 Å². The van der Waals surface area contributed by atoms with Gasteiger partial charge in [-0.25, -0.2) is 4.39 Å². The van der Waals surface area contributed by atoms with E-state index < -0.39 is 6.10 Å². The predicted octanol–water partition coefficient (Wildman–Crippen LogP) is 6.61. The Labute approximate surface area is 226 Å². The molecule has 4 aromatic carbocycles. The summed E-state index contributed by atoms with van der Waals surface area (Å²) >= 11 is 5.75. The Hall–Kier alpha value is -3.94. The molecule has 7 heteroatoms. The van der Waals surface area contributed by atoms with E-state index in [4.69, 9.17) is 12.2 Å². The second-order valence-electron chi connectivity index (χ2n) is 9.53. The molecule has 5 rings (SSSR count). The lowest BCUT2D eigenvalue weighted by Gasteiger charge is -2.29. The Morgan fingerprint density at radius 3 is 2.32 bits per heavy atom. The van der Waals surface area contributed by atoms with E-state index in [1.807, 2.05) is 53.4 Å². The standard InChI is InChI=1S/C31H29FN2O3S/c32-23-15-12-20(13-16-23)28(36)11-5-10-27-30(34(31(38)33-27)24-7-2-1-3-8-24)26-17-14-22(19-29(26)37)21-6-4-9-25(35)18-21/h1-4,6-9,12-19,27-28,30,35-37H,5,10-11H2,(H,33,38)/t27-,28?,30-/m1/s1. The van der Waals surface area contributed by atoms with Crippen LogP contribution in [-0.2, 0) is 0 Å². The summed E-state index contributed by atoms with van der Waals surface area (Å²) in [6.07, 6.45) is 1.21. The van der Waals surface area contributed by atoms with E-state index in [2.05, 4.69) is 5.32 Å². The third-order valence-corrected chi connectivity index (χ3v) is 7.31. The number of anilines is 1. The number of para-hydroxylation sites is 1. The molecule has 0 aliphatic carbocycles. The van der Waals surface area contributed by atoms with Crippen LogP contribution in [0.2, 0.25) is 0 Å². The van der Waals surface area contributed by atoms with Crippen molar-refractivity contribution in [3.05, 3.63) is 114 Å². The van der Waals surface area contributed by atoms with Gasteiger partial charge in [-0.15, -0.1) is 0 Å². The first-order valence-corrected chi connectivity index (χ1v) is 13.0. The lowest BCUT2D eigenvalue weighted by Crippen LogP contribution is -2.29. The minimum Gasteiger partial charge on any atom is -0.508 e. The van der Waals surface area contributed by atoms with Gasteiger partial charge in [0, 0.05) is 11.3 Å². The normalized spacial score (nSPS) is 17.8. The molecule has 0 amide bonds. The SMILES string of the molecule is Oc1cccc(-c2ccc([C@@H]3[C@@H](CCCC(O)c4ccc(F)cc4)NC(=S)N3c3ccccc3)c(O)c2)c1. The lowest BCUT2D eigenvalue weighted by molar-refractivity contribution is 0.162. The number of hydrogen-bond donors (Lipinski definition) is 4. The molecule has 0 radical (unpaired) electrons. The van der Waals surface area contributed by atoms with Crippen molar-refractivity contribution in [1.29, 1.82) is 0 Å². The van der Waals surface area contributed by atoms with Crippen molar-refractivity contribution in [1.82, 2.24) is 5.32 Å². The Bertz CT molecular complexity index is 1410. The van der Waals surface area contributed by atoms with E-state index in [1.54, 1.807) is 36.4 Å². The topological polar surface area (TPSA) is 76.0 Å². The molecule has 1 unspecified atom stereocenters. The van der Waals surface area contributed by atoms with Crippen LogP contribution in [0.4, 0.5) is 10.1 Å². The first kappa shape index (κ1) is 25.7. The van der Waals surface area contributed by atoms with Crippen LogP contribution in [0.15, 0.2) is 97.1 Å². The average molecular weight is 529 g/mol. The van der Waals surface area contributed by atoms with Gasteiger partial charge in [0.15, 0.2) is 5.11 Å². The smallest absolute Gasteiger partial charge is 0.174 e. The average Bonchev–Trinajstić information content (AvgIpc) is 3.24. The van der Waals surface area contributed by atoms with E-state index >= 15 is 0 Å². The molecule has 0 spiro atoms. The van der Waals surface area contributed by atoms with Crippen LogP contribution in [0.1, 0.15) is 42.5 Å². The highest BCUT2D eigenvalue weighted by Gasteiger charge is 2.40. The molecule has 5 nitrogen and oxygen atoms in total. The number of hydrogen-bond acceptors (Lipinski definition) is 4. The number of phenols is 2. The van der Waals surface area contributed by atoms with Crippen molar-refractivity contribution in [2.75, 3.05) is 4.90 Å². The molecule has 1 aliphatic heterocycles. The Kier molecular flexibility index (Phi) is 7.58. The number of nitrogens with one attached hydrogen (secondary N) is 1. The monoisotopic (exact) mass is 528 g/mol. The van der Waals surface area contributed by atoms with Crippen LogP contribution >= 0.6 is 12.2 Å². The molecule has 38 heavy (non-hydrogen) atoms. The highest BCUT2D eigenvalue weighted by Crippen LogP contribution is 2.41. The quantitative estimate of drug-likeness (QED) is 0.193. The Morgan fingerprint density at radius 1 is 0.868 bits per heavy atom. The summed E-state index contributed by atoms with van der Waals surface area (Å²) in [5.41, 5.74) is 3.93. The molecule has 1 saturated heterocycles. The second kappa shape index (κ2) is 11.2. The number of rotatable bonds is 8. The zero-order chi connectivity index (χ0) is 26.6. The van der Waals surface area contributed by atoms with E-state index in [-0.39, 0.29) is 29.4 Å². The molecule has 0 bridgehead atoms. The number of aliphatic hydroxyl groups excluding tert-OH is 1. The van der Waals surface area contributed by atoms with Crippen LogP contribution in [0.5, 0.6) is 11.5 Å². The molecule has 3 atom stereocenters. The molecule has 0 saturated carbocycles. The molecule has 4 N–H and O–H groups in total. The zero-order valence-corrected chi connectivity index (χ0v) is 21.5. The zero-order valence-electron chi connectivity index (χ0n) is 20.7. The minimum atomic E-state index is -0.692. The first-order valence-electron chi connectivity index (χ1n) is 12.6. The fraction of sp³-hybridized carbons (Fsp3) is 0.194. The molecule has 1 fully saturated rings. The van der Waals surface area contributed by atoms with Gasteiger partial charge in [-0.3, -0.25) is 0 Å². The Balaban J connectivity index is 1.41. The summed E-state index contributed by atoms with van der Waals surface area (Å²) in [6.45, 7) is 0. The Morgan fingerprint density at radius 2 is 1.61 bits per heavy atom. The second-order valence-corrected chi connectivity index (χ2v) is 9.92. The van der Waals surface area contributed by atoms with Crippen molar-refractivity contribution < 1.29 is 19.7 Å². The van der Waals surface area contributed by atoms with Gasteiger partial charge in [0.1, 0.15) is 17.3 Å². The van der Waals surface area contributed by atoms with Crippen molar-refractivity contribution in [2.24, 2.45) is 0 Å². The number of nitrogens with zero attached hydrogens (tertiary/aromatic N) is 1.